The molecule has 2 amide bonds. The van der Waals surface area contributed by atoms with Gasteiger partial charge in [-0.2, -0.15) is 0 Å². The number of nitrogens with zero attached hydrogens (tertiary/aromatic N) is 1. The number of likely N-dealkylation sites (tertiary alicyclic amines) is 1. The first-order valence-corrected chi connectivity index (χ1v) is 11.6. The smallest absolute Gasteiger partial charge is 0.221 e. The van der Waals surface area contributed by atoms with Gasteiger partial charge < -0.3 is 11.1 Å². The molecule has 1 aliphatic heterocycles. The van der Waals surface area contributed by atoms with Crippen LogP contribution in [0.2, 0.25) is 0 Å². The Kier molecular flexibility index (Phi) is 7.56. The number of rotatable bonds is 7. The maximum Gasteiger partial charge on any atom is 0.221 e. The van der Waals surface area contributed by atoms with Crippen molar-refractivity contribution >= 4 is 11.8 Å². The number of nitrogens with one attached hydrogen (secondary N) is 1. The molecular formula is C25H39N3O2. The van der Waals surface area contributed by atoms with E-state index in [4.69, 9.17) is 5.73 Å². The molecule has 1 saturated carbocycles. The zero-order valence-corrected chi connectivity index (χ0v) is 19.0. The van der Waals surface area contributed by atoms with Crippen LogP contribution in [0.25, 0.3) is 0 Å². The topological polar surface area (TPSA) is 75.4 Å². The maximum atomic E-state index is 12.5. The lowest BCUT2D eigenvalue weighted by Crippen LogP contribution is -2.40. The van der Waals surface area contributed by atoms with E-state index < -0.39 is 0 Å². The fraction of sp³-hybridized carbons (Fsp3) is 0.680. The summed E-state index contributed by atoms with van der Waals surface area (Å²) in [5.74, 6) is 1.14. The predicted octanol–water partition coefficient (Wildman–Crippen LogP) is 3.85. The summed E-state index contributed by atoms with van der Waals surface area (Å²) >= 11 is 0. The second-order valence-corrected chi connectivity index (χ2v) is 10.6. The van der Waals surface area contributed by atoms with Crippen LogP contribution >= 0.6 is 0 Å². The second kappa shape index (κ2) is 9.95. The Morgan fingerprint density at radius 1 is 1.23 bits per heavy atom. The zero-order valence-electron chi connectivity index (χ0n) is 19.0. The molecule has 0 spiro atoms. The number of carbonyl (C=O) groups is 2. The minimum absolute atomic E-state index is 0.0336. The summed E-state index contributed by atoms with van der Waals surface area (Å²) in [4.78, 5) is 26.4. The van der Waals surface area contributed by atoms with Crippen LogP contribution in [0.1, 0.15) is 70.4 Å². The van der Waals surface area contributed by atoms with Gasteiger partial charge in [-0.15, -0.1) is 0 Å². The van der Waals surface area contributed by atoms with E-state index in [1.165, 1.54) is 12.0 Å². The minimum atomic E-state index is -0.188. The van der Waals surface area contributed by atoms with Crippen molar-refractivity contribution in [1.29, 1.82) is 0 Å². The van der Waals surface area contributed by atoms with Gasteiger partial charge in [-0.3, -0.25) is 14.5 Å². The van der Waals surface area contributed by atoms with E-state index in [0.717, 1.165) is 50.9 Å². The zero-order chi connectivity index (χ0) is 21.7. The summed E-state index contributed by atoms with van der Waals surface area (Å²) < 4.78 is 0. The lowest BCUT2D eigenvalue weighted by Gasteiger charge is -2.38. The fourth-order valence-electron chi connectivity index (χ4n) is 5.76. The molecule has 1 aromatic rings. The molecule has 1 aliphatic carbocycles. The molecule has 30 heavy (non-hydrogen) atoms. The third kappa shape index (κ3) is 6.83. The summed E-state index contributed by atoms with van der Waals surface area (Å²) in [7, 11) is 0. The molecule has 3 atom stereocenters. The summed E-state index contributed by atoms with van der Waals surface area (Å²) in [5.41, 5.74) is 8.19. The third-order valence-corrected chi connectivity index (χ3v) is 6.75. The van der Waals surface area contributed by atoms with Crippen LogP contribution in [-0.2, 0) is 22.7 Å². The Balaban J connectivity index is 1.48. The molecule has 1 saturated heterocycles. The average Bonchev–Trinajstić information content (AvgIpc) is 2.65. The van der Waals surface area contributed by atoms with Crippen LogP contribution in [0.3, 0.4) is 0 Å². The molecule has 5 nitrogen and oxygen atoms in total. The molecule has 5 heteroatoms. The number of nitrogens with two attached hydrogens (primary N) is 1. The number of hydrogen-bond acceptors (Lipinski definition) is 3. The summed E-state index contributed by atoms with van der Waals surface area (Å²) in [6.45, 7) is 10.1. The van der Waals surface area contributed by atoms with Crippen LogP contribution < -0.4 is 11.1 Å². The Morgan fingerprint density at radius 3 is 2.73 bits per heavy atom. The van der Waals surface area contributed by atoms with Crippen molar-refractivity contribution in [3.63, 3.8) is 0 Å². The quantitative estimate of drug-likeness (QED) is 0.713. The van der Waals surface area contributed by atoms with Gasteiger partial charge in [-0.25, -0.2) is 0 Å². The Labute approximate surface area is 181 Å². The number of primary amides is 1. The van der Waals surface area contributed by atoms with Gasteiger partial charge in [0.1, 0.15) is 0 Å². The average molecular weight is 414 g/mol. The van der Waals surface area contributed by atoms with Crippen LogP contribution in [0.4, 0.5) is 0 Å². The van der Waals surface area contributed by atoms with E-state index in [1.54, 1.807) is 0 Å². The molecule has 0 aromatic heterocycles. The molecule has 166 valence electrons. The Hall–Kier alpha value is -1.88. The maximum absolute atomic E-state index is 12.5. The van der Waals surface area contributed by atoms with Gasteiger partial charge in [0, 0.05) is 26.1 Å². The van der Waals surface area contributed by atoms with Crippen LogP contribution in [-0.4, -0.2) is 29.8 Å². The first-order chi connectivity index (χ1) is 14.2. The molecule has 2 aliphatic rings. The number of piperidine rings is 1. The predicted molar refractivity (Wildman–Crippen MR) is 120 cm³/mol. The van der Waals surface area contributed by atoms with Crippen molar-refractivity contribution in [1.82, 2.24) is 10.2 Å². The standard InChI is InChI=1S/C25H39N3O2/c1-18-10-21(14-25(2,3)13-18)12-23(29)27-15-19-6-4-7-20(11-19)16-28-9-5-8-22(17-28)24(26)30/h4,6-7,11,18,21-22H,5,8-10,12-17H2,1-3H3,(H2,26,30)(H,27,29). The van der Waals surface area contributed by atoms with E-state index in [0.29, 0.717) is 30.2 Å². The van der Waals surface area contributed by atoms with E-state index in [-0.39, 0.29) is 17.7 Å². The van der Waals surface area contributed by atoms with Crippen LogP contribution in [0.15, 0.2) is 24.3 Å². The van der Waals surface area contributed by atoms with Crippen molar-refractivity contribution in [2.24, 2.45) is 28.9 Å². The van der Waals surface area contributed by atoms with Gasteiger partial charge in [-0.1, -0.05) is 45.0 Å². The third-order valence-electron chi connectivity index (χ3n) is 6.75. The molecule has 2 fully saturated rings. The molecule has 0 bridgehead atoms. The summed E-state index contributed by atoms with van der Waals surface area (Å²) in [5, 5.41) is 3.13. The van der Waals surface area contributed by atoms with Crippen molar-refractivity contribution < 1.29 is 9.59 Å². The molecule has 3 rings (SSSR count). The lowest BCUT2D eigenvalue weighted by molar-refractivity contribution is -0.124. The highest BCUT2D eigenvalue weighted by Gasteiger charge is 2.32. The number of amides is 2. The van der Waals surface area contributed by atoms with Gasteiger partial charge in [0.05, 0.1) is 5.92 Å². The number of benzene rings is 1. The Morgan fingerprint density at radius 2 is 2.00 bits per heavy atom. The van der Waals surface area contributed by atoms with Gasteiger partial charge in [0.2, 0.25) is 11.8 Å². The minimum Gasteiger partial charge on any atom is -0.369 e. The first-order valence-electron chi connectivity index (χ1n) is 11.6. The number of carbonyl (C=O) groups excluding carboxylic acids is 2. The van der Waals surface area contributed by atoms with Crippen LogP contribution in [0.5, 0.6) is 0 Å². The van der Waals surface area contributed by atoms with Gasteiger partial charge in [0.15, 0.2) is 0 Å². The van der Waals surface area contributed by atoms with Gasteiger partial charge >= 0.3 is 0 Å². The van der Waals surface area contributed by atoms with Gasteiger partial charge in [0.25, 0.3) is 0 Å². The molecule has 0 radical (unpaired) electrons. The van der Waals surface area contributed by atoms with Crippen LogP contribution in [0, 0.1) is 23.2 Å². The molecule has 3 unspecified atom stereocenters. The van der Waals surface area contributed by atoms with E-state index in [2.05, 4.69) is 55.3 Å². The Bertz CT molecular complexity index is 746. The monoisotopic (exact) mass is 413 g/mol. The highest BCUT2D eigenvalue weighted by atomic mass is 16.2. The van der Waals surface area contributed by atoms with Crippen molar-refractivity contribution in [2.75, 3.05) is 13.1 Å². The summed E-state index contributed by atoms with van der Waals surface area (Å²) in [6, 6.07) is 8.40. The van der Waals surface area contributed by atoms with Crippen molar-refractivity contribution in [2.45, 2.75) is 72.4 Å². The van der Waals surface area contributed by atoms with Crippen molar-refractivity contribution in [3.05, 3.63) is 35.4 Å². The van der Waals surface area contributed by atoms with Crippen molar-refractivity contribution in [3.8, 4) is 0 Å². The molecule has 1 heterocycles. The SMILES string of the molecule is CC1CC(CC(=O)NCc2cccc(CN3CCCC(C(N)=O)C3)c2)CC(C)(C)C1. The molecular weight excluding hydrogens is 374 g/mol. The number of hydrogen-bond donors (Lipinski definition) is 2. The van der Waals surface area contributed by atoms with E-state index in [9.17, 15) is 9.59 Å². The molecule has 1 aromatic carbocycles. The first kappa shape index (κ1) is 22.8. The largest absolute Gasteiger partial charge is 0.369 e. The second-order valence-electron chi connectivity index (χ2n) is 10.6. The van der Waals surface area contributed by atoms with Gasteiger partial charge in [-0.05, 0) is 67.0 Å². The lowest BCUT2D eigenvalue weighted by atomic mass is 9.67. The highest BCUT2D eigenvalue weighted by molar-refractivity contribution is 5.77. The molecule has 3 N–H and O–H groups in total. The van der Waals surface area contributed by atoms with E-state index >= 15 is 0 Å². The fourth-order valence-corrected chi connectivity index (χ4v) is 5.76. The summed E-state index contributed by atoms with van der Waals surface area (Å²) in [6.07, 6.45) is 6.11. The normalized spacial score (nSPS) is 26.8. The highest BCUT2D eigenvalue weighted by Crippen LogP contribution is 2.42. The van der Waals surface area contributed by atoms with E-state index in [1.807, 2.05) is 0 Å².